The third kappa shape index (κ3) is 7.51. The number of rotatable bonds is 6. The smallest absolute Gasteiger partial charge is 0.488 e. The van der Waals surface area contributed by atoms with Gasteiger partial charge in [0.15, 0.2) is 11.6 Å². The molecule has 1 aromatic heterocycles. The average Bonchev–Trinajstić information content (AvgIpc) is 3.43. The summed E-state index contributed by atoms with van der Waals surface area (Å²) in [6.45, 7) is 8.75. The molecule has 1 atom stereocenters. The fraction of sp³-hybridized carbons (Fsp3) is 0.423. The lowest BCUT2D eigenvalue weighted by Gasteiger charge is -2.35. The van der Waals surface area contributed by atoms with Crippen LogP contribution in [0.25, 0.3) is 21.1 Å². The van der Waals surface area contributed by atoms with Crippen molar-refractivity contribution in [1.29, 1.82) is 0 Å². The average molecular weight is 638 g/mol. The zero-order chi connectivity index (χ0) is 30.3. The van der Waals surface area contributed by atoms with Gasteiger partial charge in [-0.3, -0.25) is 4.90 Å². The molecule has 0 N–H and O–H groups in total. The van der Waals surface area contributed by atoms with Crippen LogP contribution in [0.2, 0.25) is 10.0 Å². The van der Waals surface area contributed by atoms with Crippen LogP contribution >= 0.6 is 34.5 Å². The van der Waals surface area contributed by atoms with Gasteiger partial charge in [-0.15, -0.1) is 23.4 Å². The molecule has 41 heavy (non-hydrogen) atoms. The molecule has 1 fully saturated rings. The second-order valence-corrected chi connectivity index (χ2v) is 12.2. The summed E-state index contributed by atoms with van der Waals surface area (Å²) in [5.41, 5.74) is -1.08. The number of carbonyl (C=O) groups is 1. The summed E-state index contributed by atoms with van der Waals surface area (Å²) in [4.78, 5) is 14.2. The minimum absolute atomic E-state index is 0.0902. The van der Waals surface area contributed by atoms with Crippen LogP contribution in [0, 0.1) is 5.82 Å². The summed E-state index contributed by atoms with van der Waals surface area (Å²) >= 11 is 13.4. The molecule has 1 aliphatic heterocycles. The van der Waals surface area contributed by atoms with Crippen LogP contribution in [0.3, 0.4) is 0 Å². The Labute approximate surface area is 247 Å². The van der Waals surface area contributed by atoms with Crippen LogP contribution in [0.5, 0.6) is 11.5 Å². The van der Waals surface area contributed by atoms with Crippen LogP contribution in [0.1, 0.15) is 34.6 Å². The molecule has 4 rings (SSSR count). The Morgan fingerprint density at radius 3 is 2.41 bits per heavy atom. The van der Waals surface area contributed by atoms with Gasteiger partial charge >= 0.3 is 12.5 Å². The van der Waals surface area contributed by atoms with Crippen molar-refractivity contribution in [3.63, 3.8) is 0 Å². The van der Waals surface area contributed by atoms with Crippen molar-refractivity contribution >= 4 is 40.6 Å². The highest BCUT2D eigenvalue weighted by Crippen LogP contribution is 2.39. The number of aromatic nitrogens is 2. The number of nitrogens with zero attached hydrogens (tertiary/aromatic N) is 3. The van der Waals surface area contributed by atoms with Gasteiger partial charge in [-0.05, 0) is 58.9 Å². The molecule has 0 spiro atoms. The summed E-state index contributed by atoms with van der Waals surface area (Å²) in [6.07, 6.45) is -5.48. The Bertz CT molecular complexity index is 1450. The van der Waals surface area contributed by atoms with Crippen LogP contribution in [0.15, 0.2) is 30.3 Å². The Morgan fingerprint density at radius 2 is 1.78 bits per heavy atom. The van der Waals surface area contributed by atoms with E-state index in [0.717, 1.165) is 23.5 Å². The van der Waals surface area contributed by atoms with E-state index in [2.05, 4.69) is 14.9 Å². The molecule has 1 aliphatic rings. The lowest BCUT2D eigenvalue weighted by molar-refractivity contribution is -0.274. The number of alkyl halides is 3. The van der Waals surface area contributed by atoms with Gasteiger partial charge in [0, 0.05) is 17.2 Å². The lowest BCUT2D eigenvalue weighted by atomic mass is 10.2. The maximum atomic E-state index is 15.1. The summed E-state index contributed by atoms with van der Waals surface area (Å²) in [5, 5.41) is 8.46. The molecule has 15 heteroatoms. The fourth-order valence-electron chi connectivity index (χ4n) is 3.97. The predicted octanol–water partition coefficient (Wildman–Crippen LogP) is 7.97. The molecular weight excluding hydrogens is 613 g/mol. The van der Waals surface area contributed by atoms with Crippen molar-refractivity contribution in [3.05, 3.63) is 46.2 Å². The number of benzene rings is 2. The van der Waals surface area contributed by atoms with Crippen LogP contribution < -0.4 is 9.47 Å². The molecule has 2 heterocycles. The number of hydrogen-bond donors (Lipinski definition) is 0. The van der Waals surface area contributed by atoms with E-state index in [0.29, 0.717) is 10.6 Å². The maximum Gasteiger partial charge on any atom is 0.573 e. The monoisotopic (exact) mass is 637 g/mol. The molecule has 222 valence electrons. The number of ether oxygens (including phenoxy) is 4. The molecule has 1 amide bonds. The van der Waals surface area contributed by atoms with Gasteiger partial charge in [0.1, 0.15) is 33.7 Å². The molecular formula is C26H25Cl2F4N3O5S. The fourth-order valence-corrected chi connectivity index (χ4v) is 5.35. The van der Waals surface area contributed by atoms with Crippen molar-refractivity contribution in [2.45, 2.75) is 58.3 Å². The summed E-state index contributed by atoms with van der Waals surface area (Å²) < 4.78 is 73.5. The third-order valence-corrected chi connectivity index (χ3v) is 7.29. The van der Waals surface area contributed by atoms with E-state index in [9.17, 15) is 18.0 Å². The normalized spacial score (nSPS) is 17.0. The number of amides is 1. The Kier molecular flexibility index (Phi) is 8.66. The molecule has 0 bridgehead atoms. The Hall–Kier alpha value is -2.87. The van der Waals surface area contributed by atoms with E-state index in [-0.39, 0.29) is 39.6 Å². The first-order chi connectivity index (χ1) is 18.9. The number of halogens is 6. The van der Waals surface area contributed by atoms with Crippen molar-refractivity contribution in [3.8, 4) is 32.6 Å². The van der Waals surface area contributed by atoms with Gasteiger partial charge in [-0.25, -0.2) is 9.18 Å². The third-order valence-electron chi connectivity index (χ3n) is 5.68. The van der Waals surface area contributed by atoms with Gasteiger partial charge in [-0.2, -0.15) is 0 Å². The van der Waals surface area contributed by atoms with Crippen LogP contribution in [-0.4, -0.2) is 58.1 Å². The van der Waals surface area contributed by atoms with E-state index in [4.69, 9.17) is 37.4 Å². The van der Waals surface area contributed by atoms with E-state index < -0.39 is 41.4 Å². The molecule has 0 radical (unpaired) electrons. The van der Waals surface area contributed by atoms with Gasteiger partial charge < -0.3 is 18.9 Å². The molecule has 1 unspecified atom stereocenters. The quantitative estimate of drug-likeness (QED) is 0.253. The summed E-state index contributed by atoms with van der Waals surface area (Å²) in [6, 6.07) is 5.52. The second kappa shape index (κ2) is 11.4. The minimum atomic E-state index is -4.89. The first-order valence-corrected chi connectivity index (χ1v) is 13.7. The van der Waals surface area contributed by atoms with Crippen molar-refractivity contribution in [2.24, 2.45) is 0 Å². The zero-order valence-corrected chi connectivity index (χ0v) is 24.8. The van der Waals surface area contributed by atoms with Crippen molar-refractivity contribution in [2.75, 3.05) is 13.2 Å². The first-order valence-electron chi connectivity index (χ1n) is 12.1. The largest absolute Gasteiger partial charge is 0.573 e. The number of hydrogen-bond acceptors (Lipinski definition) is 8. The van der Waals surface area contributed by atoms with Crippen LogP contribution in [-0.2, 0) is 9.47 Å². The molecule has 1 saturated heterocycles. The zero-order valence-electron chi connectivity index (χ0n) is 22.4. The lowest BCUT2D eigenvalue weighted by Crippen LogP contribution is -2.51. The van der Waals surface area contributed by atoms with Gasteiger partial charge in [0.25, 0.3) is 0 Å². The topological polar surface area (TPSA) is 83.0 Å². The van der Waals surface area contributed by atoms with E-state index in [1.807, 2.05) is 0 Å². The van der Waals surface area contributed by atoms with Crippen LogP contribution in [0.4, 0.5) is 22.4 Å². The van der Waals surface area contributed by atoms with E-state index in [1.165, 1.54) is 23.1 Å². The van der Waals surface area contributed by atoms with Crippen molar-refractivity contribution < 1.29 is 41.3 Å². The summed E-state index contributed by atoms with van der Waals surface area (Å²) in [5.74, 6) is -1.44. The predicted molar refractivity (Wildman–Crippen MR) is 145 cm³/mol. The van der Waals surface area contributed by atoms with Gasteiger partial charge in [0.05, 0.1) is 22.7 Å². The molecule has 8 nitrogen and oxygen atoms in total. The first kappa shape index (κ1) is 31.1. The maximum absolute atomic E-state index is 15.1. The Morgan fingerprint density at radius 1 is 1.10 bits per heavy atom. The van der Waals surface area contributed by atoms with Gasteiger partial charge in [-0.1, -0.05) is 34.5 Å². The minimum Gasteiger partial charge on any atom is -0.488 e. The van der Waals surface area contributed by atoms with E-state index in [1.54, 1.807) is 34.6 Å². The molecule has 2 aromatic carbocycles. The highest BCUT2D eigenvalue weighted by atomic mass is 35.5. The standard InChI is InChI=1S/C26H25Cl2F4N3O5S/c1-24(2,3)40-23(36)35-14(12-38-25(35,4)5)11-37-20-10-16(27)15(9-18(20)29)22-34-33-21(41-22)13-6-7-19(17(28)8-13)39-26(30,31)32/h6-10,14H,11-12H2,1-5H3. The second-order valence-electron chi connectivity index (χ2n) is 10.4. The number of carbonyl (C=O) groups excluding carboxylic acids is 1. The SMILES string of the molecule is CC(C)(C)OC(=O)N1C(COc2cc(Cl)c(-c3nnc(-c4ccc(OC(F)(F)F)c(Cl)c4)s3)cc2F)COC1(C)C. The molecule has 0 aliphatic carbocycles. The van der Waals surface area contributed by atoms with E-state index >= 15 is 4.39 Å². The van der Waals surface area contributed by atoms with Gasteiger partial charge in [0.2, 0.25) is 0 Å². The Balaban J connectivity index is 1.49. The molecule has 3 aromatic rings. The molecule has 0 saturated carbocycles. The summed E-state index contributed by atoms with van der Waals surface area (Å²) in [7, 11) is 0. The van der Waals surface area contributed by atoms with Crippen molar-refractivity contribution in [1.82, 2.24) is 15.1 Å². The highest BCUT2D eigenvalue weighted by molar-refractivity contribution is 7.18. The highest BCUT2D eigenvalue weighted by Gasteiger charge is 2.46.